The summed E-state index contributed by atoms with van der Waals surface area (Å²) in [5, 5.41) is -0.0632. The average molecular weight is 553 g/mol. The number of fused-ring (bicyclic) bond motifs is 2. The maximum Gasteiger partial charge on any atom is 0.343 e. The first-order valence-electron chi connectivity index (χ1n) is 12.4. The summed E-state index contributed by atoms with van der Waals surface area (Å²) in [6.07, 6.45) is 1.24. The van der Waals surface area contributed by atoms with E-state index in [4.69, 9.17) is 4.74 Å². The molecule has 202 valence electrons. The zero-order valence-electron chi connectivity index (χ0n) is 21.4. The van der Waals surface area contributed by atoms with Crippen molar-refractivity contribution in [3.8, 4) is 11.1 Å². The van der Waals surface area contributed by atoms with E-state index in [1.165, 1.54) is 21.1 Å². The molecule has 3 aromatic carbocycles. The number of aryl methyl sites for hydroxylation is 2. The van der Waals surface area contributed by atoms with Crippen molar-refractivity contribution in [2.45, 2.75) is 38.4 Å². The molecule has 0 amide bonds. The number of hydrogen-bond acceptors (Lipinski definition) is 5. The molecule has 1 aliphatic rings. The predicted molar refractivity (Wildman–Crippen MR) is 143 cm³/mol. The Bertz CT molecular complexity index is 1770. The fourth-order valence-corrected chi connectivity index (χ4v) is 6.22. The highest BCUT2D eigenvalue weighted by Crippen LogP contribution is 2.34. The third-order valence-electron chi connectivity index (χ3n) is 6.86. The summed E-state index contributed by atoms with van der Waals surface area (Å²) in [6, 6.07) is 14.3. The molecule has 1 aliphatic heterocycles. The predicted octanol–water partition coefficient (Wildman–Crippen LogP) is 4.97. The summed E-state index contributed by atoms with van der Waals surface area (Å²) in [7, 11) is -3.72. The number of ether oxygens (including phenoxy) is 1. The number of pyridine rings is 1. The van der Waals surface area contributed by atoms with Crippen LogP contribution in [-0.4, -0.2) is 36.5 Å². The van der Waals surface area contributed by atoms with Crippen molar-refractivity contribution >= 4 is 26.9 Å². The Morgan fingerprint density at radius 1 is 1.03 bits per heavy atom. The van der Waals surface area contributed by atoms with Crippen molar-refractivity contribution < 1.29 is 26.7 Å². The molecule has 5 rings (SSSR count). The summed E-state index contributed by atoms with van der Waals surface area (Å²) in [5.74, 6) is -1.56. The van der Waals surface area contributed by atoms with Gasteiger partial charge in [0, 0.05) is 30.2 Å². The zero-order valence-corrected chi connectivity index (χ0v) is 22.2. The fourth-order valence-electron chi connectivity index (χ4n) is 4.82. The third kappa shape index (κ3) is 4.86. The SMILES string of the molecule is CCOC(=O)c1cn(CCF)c2cc(-c3ccc4c(c3)CN(S(=O)(=O)c3ccc(C)cc3)C4)c(F)cc2c1=O. The number of alkyl halides is 1. The van der Waals surface area contributed by atoms with Gasteiger partial charge in [-0.25, -0.2) is 22.0 Å². The van der Waals surface area contributed by atoms with Gasteiger partial charge in [-0.1, -0.05) is 29.8 Å². The Balaban J connectivity index is 1.54. The van der Waals surface area contributed by atoms with Crippen LogP contribution in [0.5, 0.6) is 0 Å². The third-order valence-corrected chi connectivity index (χ3v) is 8.67. The monoisotopic (exact) mass is 552 g/mol. The molecule has 0 spiro atoms. The van der Waals surface area contributed by atoms with Crippen LogP contribution in [0.25, 0.3) is 22.0 Å². The maximum atomic E-state index is 15.4. The molecule has 7 nitrogen and oxygen atoms in total. The molecule has 0 fully saturated rings. The molecule has 0 radical (unpaired) electrons. The highest BCUT2D eigenvalue weighted by Gasteiger charge is 2.31. The van der Waals surface area contributed by atoms with Crippen molar-refractivity contribution in [2.75, 3.05) is 13.3 Å². The van der Waals surface area contributed by atoms with Gasteiger partial charge in [-0.15, -0.1) is 0 Å². The minimum absolute atomic E-state index is 0.0504. The molecular weight excluding hydrogens is 526 g/mol. The van der Waals surface area contributed by atoms with Crippen molar-refractivity contribution in [1.29, 1.82) is 0 Å². The van der Waals surface area contributed by atoms with Gasteiger partial charge in [0.2, 0.25) is 15.5 Å². The summed E-state index contributed by atoms with van der Waals surface area (Å²) < 4.78 is 62.9. The summed E-state index contributed by atoms with van der Waals surface area (Å²) in [4.78, 5) is 25.5. The molecule has 1 aromatic heterocycles. The second-order valence-electron chi connectivity index (χ2n) is 9.39. The number of hydrogen-bond donors (Lipinski definition) is 0. The second kappa shape index (κ2) is 10.3. The maximum absolute atomic E-state index is 15.4. The van der Waals surface area contributed by atoms with E-state index < -0.39 is 33.9 Å². The average Bonchev–Trinajstić information content (AvgIpc) is 3.35. The molecule has 2 heterocycles. The van der Waals surface area contributed by atoms with Crippen LogP contribution in [-0.2, 0) is 34.4 Å². The van der Waals surface area contributed by atoms with Crippen LogP contribution < -0.4 is 5.43 Å². The first-order valence-corrected chi connectivity index (χ1v) is 13.9. The number of benzene rings is 3. The second-order valence-corrected chi connectivity index (χ2v) is 11.3. The van der Waals surface area contributed by atoms with Gasteiger partial charge in [-0.2, -0.15) is 4.31 Å². The normalized spacial score (nSPS) is 13.5. The van der Waals surface area contributed by atoms with Crippen LogP contribution in [0.15, 0.2) is 70.5 Å². The number of esters is 1. The Labute approximate surface area is 224 Å². The molecule has 39 heavy (non-hydrogen) atoms. The summed E-state index contributed by atoms with van der Waals surface area (Å²) >= 11 is 0. The standard InChI is InChI=1S/C29H26F2N2O5S/c1-3-38-29(35)25-17-32(11-10-30)27-14-23(26(31)13-24(27)28(25)34)19-6-7-20-15-33(16-21(20)12-19)39(36,37)22-8-4-18(2)5-9-22/h4-9,12-14,17H,3,10-11,15-16H2,1-2H3. The van der Waals surface area contributed by atoms with Crippen LogP contribution >= 0.6 is 0 Å². The number of sulfonamides is 1. The fraction of sp³-hybridized carbons (Fsp3) is 0.241. The minimum atomic E-state index is -3.72. The molecule has 0 saturated carbocycles. The lowest BCUT2D eigenvalue weighted by molar-refractivity contribution is 0.0524. The summed E-state index contributed by atoms with van der Waals surface area (Å²) in [5.41, 5.74) is 2.43. The highest BCUT2D eigenvalue weighted by atomic mass is 32.2. The molecule has 0 bridgehead atoms. The lowest BCUT2D eigenvalue weighted by Crippen LogP contribution is -2.25. The number of halogens is 2. The Morgan fingerprint density at radius 3 is 2.44 bits per heavy atom. The highest BCUT2D eigenvalue weighted by molar-refractivity contribution is 7.89. The number of rotatable bonds is 7. The molecule has 0 saturated heterocycles. The van der Waals surface area contributed by atoms with Gasteiger partial charge in [-0.05, 0) is 60.9 Å². The van der Waals surface area contributed by atoms with Gasteiger partial charge < -0.3 is 9.30 Å². The number of nitrogens with zero attached hydrogens (tertiary/aromatic N) is 2. The van der Waals surface area contributed by atoms with Crippen LogP contribution in [0.1, 0.15) is 34.0 Å². The van der Waals surface area contributed by atoms with Gasteiger partial charge in [-0.3, -0.25) is 4.79 Å². The molecule has 0 aliphatic carbocycles. The van der Waals surface area contributed by atoms with E-state index in [0.717, 1.165) is 22.8 Å². The van der Waals surface area contributed by atoms with Crippen LogP contribution in [0, 0.1) is 12.7 Å². The van der Waals surface area contributed by atoms with Crippen molar-refractivity contribution in [1.82, 2.24) is 8.87 Å². The van der Waals surface area contributed by atoms with Crippen LogP contribution in [0.4, 0.5) is 8.78 Å². The molecule has 0 N–H and O–H groups in total. The van der Waals surface area contributed by atoms with E-state index in [-0.39, 0.29) is 53.2 Å². The largest absolute Gasteiger partial charge is 0.462 e. The number of carbonyl (C=O) groups excluding carboxylic acids is 1. The van der Waals surface area contributed by atoms with E-state index in [1.807, 2.05) is 6.92 Å². The van der Waals surface area contributed by atoms with Crippen molar-refractivity contribution in [2.24, 2.45) is 0 Å². The van der Waals surface area contributed by atoms with Gasteiger partial charge in [0.1, 0.15) is 18.1 Å². The Hall–Kier alpha value is -3.89. The van der Waals surface area contributed by atoms with Gasteiger partial charge in [0.15, 0.2) is 0 Å². The molecule has 0 atom stereocenters. The van der Waals surface area contributed by atoms with Gasteiger partial charge in [0.25, 0.3) is 0 Å². The number of aromatic nitrogens is 1. The zero-order chi connectivity index (χ0) is 27.9. The minimum Gasteiger partial charge on any atom is -0.462 e. The van der Waals surface area contributed by atoms with Crippen LogP contribution in [0.3, 0.4) is 0 Å². The molecule has 10 heteroatoms. The number of carbonyl (C=O) groups is 1. The van der Waals surface area contributed by atoms with E-state index >= 15 is 4.39 Å². The van der Waals surface area contributed by atoms with E-state index in [9.17, 15) is 22.4 Å². The smallest absolute Gasteiger partial charge is 0.343 e. The Morgan fingerprint density at radius 2 is 1.74 bits per heavy atom. The quantitative estimate of drug-likeness (QED) is 0.303. The summed E-state index contributed by atoms with van der Waals surface area (Å²) in [6.45, 7) is 2.93. The van der Waals surface area contributed by atoms with Crippen molar-refractivity contribution in [3.63, 3.8) is 0 Å². The first kappa shape index (κ1) is 26.7. The van der Waals surface area contributed by atoms with Crippen molar-refractivity contribution in [3.05, 3.63) is 99.1 Å². The first-order chi connectivity index (χ1) is 18.6. The van der Waals surface area contributed by atoms with Crippen LogP contribution in [0.2, 0.25) is 0 Å². The molecule has 4 aromatic rings. The van der Waals surface area contributed by atoms with E-state index in [0.29, 0.717) is 5.56 Å². The lowest BCUT2D eigenvalue weighted by atomic mass is 9.98. The van der Waals surface area contributed by atoms with E-state index in [1.54, 1.807) is 49.4 Å². The topological polar surface area (TPSA) is 85.7 Å². The lowest BCUT2D eigenvalue weighted by Gasteiger charge is -2.15. The molecule has 0 unspecified atom stereocenters. The van der Waals surface area contributed by atoms with E-state index in [2.05, 4.69) is 0 Å². The van der Waals surface area contributed by atoms with Gasteiger partial charge in [0.05, 0.1) is 23.6 Å². The molecular formula is C29H26F2N2O5S. The van der Waals surface area contributed by atoms with Gasteiger partial charge >= 0.3 is 5.97 Å². The Kier molecular flexibility index (Phi) is 7.09.